The Bertz CT molecular complexity index is 496. The highest BCUT2D eigenvalue weighted by atomic mass is 35.5. The Morgan fingerprint density at radius 3 is 2.94 bits per heavy atom. The van der Waals surface area contributed by atoms with Crippen LogP contribution in [0.2, 0.25) is 5.02 Å². The Morgan fingerprint density at radius 1 is 1.38 bits per heavy atom. The van der Waals surface area contributed by atoms with Crippen LogP contribution in [0.3, 0.4) is 0 Å². The number of nitrogens with zero attached hydrogens (tertiary/aromatic N) is 2. The van der Waals surface area contributed by atoms with Crippen molar-refractivity contribution in [2.24, 2.45) is 5.73 Å². The molecule has 0 radical (unpaired) electrons. The van der Waals surface area contributed by atoms with E-state index in [0.29, 0.717) is 18.7 Å². The molecule has 1 aromatic heterocycles. The summed E-state index contributed by atoms with van der Waals surface area (Å²) < 4.78 is 15.3. The largest absolute Gasteiger partial charge is 0.325 e. The minimum absolute atomic E-state index is 0.124. The van der Waals surface area contributed by atoms with Crippen LogP contribution in [0.25, 0.3) is 0 Å². The monoisotopic (exact) mass is 239 g/mol. The van der Waals surface area contributed by atoms with E-state index in [9.17, 15) is 4.39 Å². The van der Waals surface area contributed by atoms with Gasteiger partial charge in [0.2, 0.25) is 0 Å². The zero-order valence-corrected chi connectivity index (χ0v) is 9.28. The lowest BCUT2D eigenvalue weighted by Gasteiger charge is -2.07. The maximum Gasteiger partial charge on any atom is 0.146 e. The third kappa shape index (κ3) is 2.08. The standard InChI is InChI=1S/C11H11ClFN3/c12-10-3-1-2-8(11(10)13)7-16-9(6-14)4-5-15-16/h1-5H,6-7,14H2. The SMILES string of the molecule is NCc1ccnn1Cc1cccc(Cl)c1F. The highest BCUT2D eigenvalue weighted by Crippen LogP contribution is 2.18. The third-order valence-electron chi connectivity index (χ3n) is 2.37. The molecule has 0 aliphatic rings. The minimum atomic E-state index is -0.400. The van der Waals surface area contributed by atoms with Crippen LogP contribution in [0.4, 0.5) is 4.39 Å². The number of rotatable bonds is 3. The van der Waals surface area contributed by atoms with E-state index < -0.39 is 5.82 Å². The van der Waals surface area contributed by atoms with Crippen LogP contribution in [0.5, 0.6) is 0 Å². The van der Waals surface area contributed by atoms with E-state index in [-0.39, 0.29) is 5.02 Å². The molecule has 1 aromatic carbocycles. The van der Waals surface area contributed by atoms with Crippen molar-refractivity contribution in [3.05, 3.63) is 52.6 Å². The average Bonchev–Trinajstić information content (AvgIpc) is 2.72. The molecule has 5 heteroatoms. The topological polar surface area (TPSA) is 43.8 Å². The Hall–Kier alpha value is -1.39. The molecule has 0 saturated heterocycles. The van der Waals surface area contributed by atoms with Gasteiger partial charge in [-0.15, -0.1) is 0 Å². The summed E-state index contributed by atoms with van der Waals surface area (Å²) in [7, 11) is 0. The fourth-order valence-electron chi connectivity index (χ4n) is 1.51. The fourth-order valence-corrected chi connectivity index (χ4v) is 1.70. The van der Waals surface area contributed by atoms with Crippen molar-refractivity contribution in [1.82, 2.24) is 9.78 Å². The average molecular weight is 240 g/mol. The molecule has 0 spiro atoms. The first kappa shape index (κ1) is 11.1. The predicted octanol–water partition coefficient (Wildman–Crippen LogP) is 2.18. The summed E-state index contributed by atoms with van der Waals surface area (Å²) in [6.45, 7) is 0.716. The van der Waals surface area contributed by atoms with Crippen molar-refractivity contribution in [1.29, 1.82) is 0 Å². The van der Waals surface area contributed by atoms with Crippen molar-refractivity contribution in [2.45, 2.75) is 13.1 Å². The molecule has 1 heterocycles. The van der Waals surface area contributed by atoms with E-state index in [1.54, 1.807) is 23.0 Å². The van der Waals surface area contributed by atoms with Crippen LogP contribution in [0.1, 0.15) is 11.3 Å². The quantitative estimate of drug-likeness (QED) is 0.892. The summed E-state index contributed by atoms with van der Waals surface area (Å²) in [5.41, 5.74) is 6.90. The van der Waals surface area contributed by atoms with Crippen LogP contribution in [-0.4, -0.2) is 9.78 Å². The highest BCUT2D eigenvalue weighted by Gasteiger charge is 2.08. The molecule has 0 amide bonds. The maximum absolute atomic E-state index is 13.6. The van der Waals surface area contributed by atoms with Gasteiger partial charge in [-0.25, -0.2) is 4.39 Å². The zero-order chi connectivity index (χ0) is 11.5. The molecule has 3 nitrogen and oxygen atoms in total. The van der Waals surface area contributed by atoms with Gasteiger partial charge in [-0.3, -0.25) is 4.68 Å². The third-order valence-corrected chi connectivity index (χ3v) is 2.66. The smallest absolute Gasteiger partial charge is 0.146 e. The van der Waals surface area contributed by atoms with Crippen LogP contribution in [-0.2, 0) is 13.1 Å². The minimum Gasteiger partial charge on any atom is -0.325 e. The highest BCUT2D eigenvalue weighted by molar-refractivity contribution is 6.30. The van der Waals surface area contributed by atoms with Crippen molar-refractivity contribution < 1.29 is 4.39 Å². The number of benzene rings is 1. The van der Waals surface area contributed by atoms with Crippen molar-refractivity contribution in [3.63, 3.8) is 0 Å². The molecule has 2 rings (SSSR count). The van der Waals surface area contributed by atoms with Crippen LogP contribution in [0, 0.1) is 5.82 Å². The number of hydrogen-bond donors (Lipinski definition) is 1. The van der Waals surface area contributed by atoms with E-state index in [1.165, 1.54) is 6.07 Å². The lowest BCUT2D eigenvalue weighted by atomic mass is 10.2. The normalized spacial score (nSPS) is 10.7. The molecule has 2 N–H and O–H groups in total. The summed E-state index contributed by atoms with van der Waals surface area (Å²) in [6.07, 6.45) is 1.64. The van der Waals surface area contributed by atoms with Gasteiger partial charge in [-0.1, -0.05) is 23.7 Å². The zero-order valence-electron chi connectivity index (χ0n) is 8.53. The van der Waals surface area contributed by atoms with E-state index in [1.807, 2.05) is 6.07 Å². The second-order valence-corrected chi connectivity index (χ2v) is 3.80. The molecular formula is C11H11ClFN3. The molecule has 2 aromatic rings. The van der Waals surface area contributed by atoms with E-state index in [0.717, 1.165) is 5.69 Å². The molecule has 0 bridgehead atoms. The molecule has 0 unspecified atom stereocenters. The van der Waals surface area contributed by atoms with Gasteiger partial charge in [0.05, 0.1) is 17.3 Å². The molecule has 16 heavy (non-hydrogen) atoms. The Morgan fingerprint density at radius 2 is 2.19 bits per heavy atom. The first-order valence-corrected chi connectivity index (χ1v) is 5.24. The lowest BCUT2D eigenvalue weighted by Crippen LogP contribution is -2.10. The summed E-state index contributed by atoms with van der Waals surface area (Å²) in [5.74, 6) is -0.400. The van der Waals surface area contributed by atoms with Gasteiger partial charge in [0.25, 0.3) is 0 Å². The van der Waals surface area contributed by atoms with Gasteiger partial charge in [0, 0.05) is 18.3 Å². The Labute approximate surface area is 97.6 Å². The number of hydrogen-bond acceptors (Lipinski definition) is 2. The molecule has 0 atom stereocenters. The van der Waals surface area contributed by atoms with E-state index in [2.05, 4.69) is 5.10 Å². The Balaban J connectivity index is 2.30. The Kier molecular flexibility index (Phi) is 3.22. The molecule has 0 fully saturated rings. The summed E-state index contributed by atoms with van der Waals surface area (Å²) in [5, 5.41) is 4.20. The van der Waals surface area contributed by atoms with Crippen molar-refractivity contribution in [3.8, 4) is 0 Å². The van der Waals surface area contributed by atoms with Gasteiger partial charge in [0.15, 0.2) is 0 Å². The molecule has 0 aliphatic carbocycles. The van der Waals surface area contributed by atoms with Gasteiger partial charge < -0.3 is 5.73 Å². The molecule has 0 aliphatic heterocycles. The molecule has 84 valence electrons. The first-order valence-electron chi connectivity index (χ1n) is 4.86. The lowest BCUT2D eigenvalue weighted by molar-refractivity contribution is 0.576. The number of aromatic nitrogens is 2. The van der Waals surface area contributed by atoms with Gasteiger partial charge in [0.1, 0.15) is 5.82 Å². The van der Waals surface area contributed by atoms with E-state index in [4.69, 9.17) is 17.3 Å². The van der Waals surface area contributed by atoms with Crippen LogP contribution in [0.15, 0.2) is 30.5 Å². The van der Waals surface area contributed by atoms with E-state index >= 15 is 0 Å². The van der Waals surface area contributed by atoms with Gasteiger partial charge in [-0.05, 0) is 12.1 Å². The van der Waals surface area contributed by atoms with Crippen molar-refractivity contribution >= 4 is 11.6 Å². The van der Waals surface area contributed by atoms with Gasteiger partial charge in [-0.2, -0.15) is 5.10 Å². The second-order valence-electron chi connectivity index (χ2n) is 3.40. The predicted molar refractivity (Wildman–Crippen MR) is 60.6 cm³/mol. The first-order chi connectivity index (χ1) is 7.72. The molecular weight excluding hydrogens is 229 g/mol. The van der Waals surface area contributed by atoms with Crippen LogP contribution < -0.4 is 5.73 Å². The number of nitrogens with two attached hydrogens (primary N) is 1. The molecule has 0 saturated carbocycles. The second kappa shape index (κ2) is 4.63. The summed E-state index contributed by atoms with van der Waals surface area (Å²) in [4.78, 5) is 0. The van der Waals surface area contributed by atoms with Crippen molar-refractivity contribution in [2.75, 3.05) is 0 Å². The maximum atomic E-state index is 13.6. The van der Waals surface area contributed by atoms with Gasteiger partial charge >= 0.3 is 0 Å². The number of halogens is 2. The summed E-state index contributed by atoms with van der Waals surface area (Å²) in [6, 6.07) is 6.73. The van der Waals surface area contributed by atoms with Crippen LogP contribution >= 0.6 is 11.6 Å². The fraction of sp³-hybridized carbons (Fsp3) is 0.182. The summed E-state index contributed by atoms with van der Waals surface area (Å²) >= 11 is 5.70.